The van der Waals surface area contributed by atoms with Crippen molar-refractivity contribution in [3.63, 3.8) is 0 Å². The molecular weight excluding hydrogens is 262 g/mol. The van der Waals surface area contributed by atoms with E-state index in [9.17, 15) is 5.11 Å². The Morgan fingerprint density at radius 1 is 1.32 bits per heavy atom. The van der Waals surface area contributed by atoms with E-state index in [0.717, 1.165) is 49.7 Å². The van der Waals surface area contributed by atoms with Crippen LogP contribution in [0.3, 0.4) is 0 Å². The molecule has 1 N–H and O–H groups in total. The number of ether oxygens (including phenoxy) is 1. The first-order chi connectivity index (χ1) is 9.11. The zero-order valence-corrected chi connectivity index (χ0v) is 12.2. The molecule has 4 heteroatoms. The van der Waals surface area contributed by atoms with Gasteiger partial charge in [-0.1, -0.05) is 24.9 Å². The van der Waals surface area contributed by atoms with Crippen LogP contribution in [0.2, 0.25) is 5.02 Å². The maximum atomic E-state index is 10.1. The molecule has 1 aliphatic heterocycles. The Labute approximate surface area is 120 Å². The summed E-state index contributed by atoms with van der Waals surface area (Å²) in [6, 6.07) is 7.42. The summed E-state index contributed by atoms with van der Waals surface area (Å²) in [6.45, 7) is 5.41. The number of β-amino-alcohol motifs (C(OH)–C–C–N with tert-alkyl or cyclic N) is 1. The van der Waals surface area contributed by atoms with E-state index < -0.39 is 5.60 Å². The molecule has 0 spiro atoms. The fourth-order valence-electron chi connectivity index (χ4n) is 2.58. The van der Waals surface area contributed by atoms with Crippen LogP contribution in [0.25, 0.3) is 0 Å². The zero-order chi connectivity index (χ0) is 13.7. The second-order valence-electron chi connectivity index (χ2n) is 5.34. The summed E-state index contributed by atoms with van der Waals surface area (Å²) in [5.74, 6) is 0.857. The molecule has 0 aliphatic carbocycles. The average Bonchev–Trinajstić information content (AvgIpc) is 2.35. The molecule has 0 amide bonds. The van der Waals surface area contributed by atoms with E-state index in [2.05, 4.69) is 11.8 Å². The minimum atomic E-state index is -0.425. The van der Waals surface area contributed by atoms with Crippen LogP contribution < -0.4 is 4.74 Å². The fraction of sp³-hybridized carbons (Fsp3) is 0.600. The van der Waals surface area contributed by atoms with Crippen molar-refractivity contribution >= 4 is 11.6 Å². The molecule has 19 heavy (non-hydrogen) atoms. The van der Waals surface area contributed by atoms with Crippen LogP contribution in [-0.2, 0) is 0 Å². The van der Waals surface area contributed by atoms with Crippen LogP contribution in [0, 0.1) is 0 Å². The van der Waals surface area contributed by atoms with Gasteiger partial charge >= 0.3 is 0 Å². The highest BCUT2D eigenvalue weighted by Crippen LogP contribution is 2.25. The van der Waals surface area contributed by atoms with Crippen molar-refractivity contribution < 1.29 is 9.84 Å². The molecule has 0 unspecified atom stereocenters. The second-order valence-corrected chi connectivity index (χ2v) is 5.78. The highest BCUT2D eigenvalue weighted by Gasteiger charge is 2.39. The molecule has 0 aromatic heterocycles. The van der Waals surface area contributed by atoms with E-state index in [-0.39, 0.29) is 0 Å². The molecule has 1 heterocycles. The Hall–Kier alpha value is -0.770. The molecule has 1 fully saturated rings. The Balaban J connectivity index is 1.57. The van der Waals surface area contributed by atoms with E-state index in [1.54, 1.807) is 0 Å². The summed E-state index contributed by atoms with van der Waals surface area (Å²) >= 11 is 5.81. The quantitative estimate of drug-likeness (QED) is 0.781. The van der Waals surface area contributed by atoms with Gasteiger partial charge in [-0.05, 0) is 37.1 Å². The number of nitrogens with zero attached hydrogens (tertiary/aromatic N) is 1. The van der Waals surface area contributed by atoms with Gasteiger partial charge in [-0.25, -0.2) is 0 Å². The molecule has 1 aromatic rings. The molecule has 1 aliphatic rings. The van der Waals surface area contributed by atoms with Gasteiger partial charge < -0.3 is 9.84 Å². The predicted octanol–water partition coefficient (Wildman–Crippen LogP) is 2.96. The normalized spacial score (nSPS) is 18.1. The highest BCUT2D eigenvalue weighted by atomic mass is 35.5. The fourth-order valence-corrected chi connectivity index (χ4v) is 2.70. The van der Waals surface area contributed by atoms with Crippen molar-refractivity contribution in [3.8, 4) is 5.75 Å². The molecule has 0 radical (unpaired) electrons. The molecule has 0 saturated carbocycles. The lowest BCUT2D eigenvalue weighted by Crippen LogP contribution is -2.61. The largest absolute Gasteiger partial charge is 0.494 e. The van der Waals surface area contributed by atoms with Gasteiger partial charge in [-0.15, -0.1) is 0 Å². The van der Waals surface area contributed by atoms with Gasteiger partial charge in [0.2, 0.25) is 0 Å². The van der Waals surface area contributed by atoms with Crippen molar-refractivity contribution in [2.45, 2.75) is 31.8 Å². The van der Waals surface area contributed by atoms with Gasteiger partial charge in [-0.3, -0.25) is 4.90 Å². The van der Waals surface area contributed by atoms with E-state index in [1.165, 1.54) is 0 Å². The summed E-state index contributed by atoms with van der Waals surface area (Å²) in [7, 11) is 0. The molecule has 0 bridgehead atoms. The summed E-state index contributed by atoms with van der Waals surface area (Å²) in [5, 5.41) is 10.8. The SMILES string of the molecule is CCCC1(O)CN(CCCOc2ccc(Cl)cc2)C1. The standard InChI is InChI=1S/C15H22ClNO2/c1-2-8-15(18)11-17(12-15)9-3-10-19-14-6-4-13(16)5-7-14/h4-7,18H,2-3,8-12H2,1H3. The van der Waals surface area contributed by atoms with Crippen LogP contribution in [0.15, 0.2) is 24.3 Å². The van der Waals surface area contributed by atoms with Crippen LogP contribution in [-0.4, -0.2) is 41.8 Å². The first kappa shape index (κ1) is 14.6. The van der Waals surface area contributed by atoms with Crippen LogP contribution in [0.1, 0.15) is 26.2 Å². The Kier molecular flexibility index (Phi) is 5.08. The van der Waals surface area contributed by atoms with Crippen LogP contribution in [0.5, 0.6) is 5.75 Å². The average molecular weight is 284 g/mol. The Bertz CT molecular complexity index is 388. The van der Waals surface area contributed by atoms with E-state index in [1.807, 2.05) is 24.3 Å². The summed E-state index contributed by atoms with van der Waals surface area (Å²) in [5.41, 5.74) is -0.425. The summed E-state index contributed by atoms with van der Waals surface area (Å²) < 4.78 is 5.63. The number of aliphatic hydroxyl groups is 1. The second kappa shape index (κ2) is 6.60. The smallest absolute Gasteiger partial charge is 0.119 e. The van der Waals surface area contributed by atoms with E-state index >= 15 is 0 Å². The summed E-state index contributed by atoms with van der Waals surface area (Å²) in [4.78, 5) is 2.28. The molecule has 2 rings (SSSR count). The van der Waals surface area contributed by atoms with Gasteiger partial charge in [0.1, 0.15) is 5.75 Å². The lowest BCUT2D eigenvalue weighted by atomic mass is 9.89. The van der Waals surface area contributed by atoms with Crippen molar-refractivity contribution in [2.75, 3.05) is 26.2 Å². The molecule has 3 nitrogen and oxygen atoms in total. The van der Waals surface area contributed by atoms with Gasteiger partial charge in [0, 0.05) is 24.7 Å². The third-order valence-electron chi connectivity index (χ3n) is 3.45. The summed E-state index contributed by atoms with van der Waals surface area (Å²) in [6.07, 6.45) is 2.93. The lowest BCUT2D eigenvalue weighted by Gasteiger charge is -2.46. The first-order valence-corrected chi connectivity index (χ1v) is 7.32. The third kappa shape index (κ3) is 4.37. The maximum Gasteiger partial charge on any atom is 0.119 e. The van der Waals surface area contributed by atoms with E-state index in [4.69, 9.17) is 16.3 Å². The van der Waals surface area contributed by atoms with Crippen molar-refractivity contribution in [3.05, 3.63) is 29.3 Å². The van der Waals surface area contributed by atoms with Gasteiger partial charge in [-0.2, -0.15) is 0 Å². The monoisotopic (exact) mass is 283 g/mol. The van der Waals surface area contributed by atoms with Crippen molar-refractivity contribution in [1.82, 2.24) is 4.90 Å². The molecular formula is C15H22ClNO2. The zero-order valence-electron chi connectivity index (χ0n) is 11.4. The number of hydrogen-bond acceptors (Lipinski definition) is 3. The van der Waals surface area contributed by atoms with Gasteiger partial charge in [0.25, 0.3) is 0 Å². The first-order valence-electron chi connectivity index (χ1n) is 6.94. The van der Waals surface area contributed by atoms with E-state index in [0.29, 0.717) is 6.61 Å². The van der Waals surface area contributed by atoms with Gasteiger partial charge in [0.15, 0.2) is 0 Å². The maximum absolute atomic E-state index is 10.1. The number of rotatable bonds is 7. The number of halogens is 1. The van der Waals surface area contributed by atoms with Crippen molar-refractivity contribution in [1.29, 1.82) is 0 Å². The van der Waals surface area contributed by atoms with Crippen LogP contribution in [0.4, 0.5) is 0 Å². The Morgan fingerprint density at radius 2 is 2.00 bits per heavy atom. The Morgan fingerprint density at radius 3 is 2.63 bits per heavy atom. The number of benzene rings is 1. The molecule has 106 valence electrons. The topological polar surface area (TPSA) is 32.7 Å². The minimum Gasteiger partial charge on any atom is -0.494 e. The molecule has 1 aromatic carbocycles. The van der Waals surface area contributed by atoms with Gasteiger partial charge in [0.05, 0.1) is 12.2 Å². The molecule has 0 atom stereocenters. The minimum absolute atomic E-state index is 0.425. The third-order valence-corrected chi connectivity index (χ3v) is 3.70. The van der Waals surface area contributed by atoms with Crippen LogP contribution >= 0.6 is 11.6 Å². The van der Waals surface area contributed by atoms with Crippen molar-refractivity contribution in [2.24, 2.45) is 0 Å². The lowest BCUT2D eigenvalue weighted by molar-refractivity contribution is -0.103. The highest BCUT2D eigenvalue weighted by molar-refractivity contribution is 6.30. The molecule has 1 saturated heterocycles. The number of likely N-dealkylation sites (tertiary alicyclic amines) is 1. The predicted molar refractivity (Wildman–Crippen MR) is 77.9 cm³/mol. The number of hydrogen-bond donors (Lipinski definition) is 1.